The molecule has 0 aromatic heterocycles. The molecule has 0 amide bonds. The van der Waals surface area contributed by atoms with Crippen molar-refractivity contribution < 1.29 is 46.1 Å². The summed E-state index contributed by atoms with van der Waals surface area (Å²) in [6.07, 6.45) is 1.51. The van der Waals surface area contributed by atoms with Crippen LogP contribution in [0.5, 0.6) is 0 Å². The molecule has 5 atom stereocenters. The standard InChI is InChI=1S/C18H32N6O6/c19-10(16(27)28)4-1-2-7-24-9-14(26)13(25)8-12-15(24)23-18(22-12)21-6-3-5-11(20)17(29)30/h10-14,25-26H,1-9,19-20H2,(H3,21,22,27,28,29,30)/p+3/t10-,11-,12+,13-,14+/m0/s1. The van der Waals surface area contributed by atoms with Gasteiger partial charge in [-0.2, -0.15) is 0 Å². The molecule has 2 rings (SSSR count). The molecule has 2 heterocycles. The molecule has 0 spiro atoms. The Morgan fingerprint density at radius 1 is 1.07 bits per heavy atom. The zero-order valence-corrected chi connectivity index (χ0v) is 17.2. The summed E-state index contributed by atoms with van der Waals surface area (Å²) in [5, 5.41) is 44.7. The summed E-state index contributed by atoms with van der Waals surface area (Å²) in [6.45, 7) is 1.31. The number of nitrogens with zero attached hydrogens (tertiary/aromatic N) is 2. The highest BCUT2D eigenvalue weighted by Crippen LogP contribution is 2.14. The van der Waals surface area contributed by atoms with Gasteiger partial charge in [-0.25, -0.2) is 19.9 Å². The van der Waals surface area contributed by atoms with Gasteiger partial charge in [-0.3, -0.25) is 4.58 Å². The Labute approximate surface area is 174 Å². The summed E-state index contributed by atoms with van der Waals surface area (Å²) in [6, 6.07) is -1.50. The van der Waals surface area contributed by atoms with E-state index in [9.17, 15) is 19.8 Å². The molecule has 0 unspecified atom stereocenters. The monoisotopic (exact) mass is 431 g/mol. The highest BCUT2D eigenvalue weighted by molar-refractivity contribution is 6.07. The summed E-state index contributed by atoms with van der Waals surface area (Å²) in [5.41, 5.74) is 7.19. The van der Waals surface area contributed by atoms with Crippen LogP contribution in [0.15, 0.2) is 4.99 Å². The molecule has 2 aliphatic heterocycles. The zero-order valence-electron chi connectivity index (χ0n) is 17.2. The lowest BCUT2D eigenvalue weighted by atomic mass is 10.1. The molecule has 0 aromatic rings. The number of aliphatic hydroxyl groups excluding tert-OH is 2. The molecule has 12 heteroatoms. The number of hydrogen-bond acceptors (Lipinski definition) is 5. The average Bonchev–Trinajstić information content (AvgIpc) is 3.04. The number of carboxylic acids is 2. The summed E-state index contributed by atoms with van der Waals surface area (Å²) in [7, 11) is 0. The molecule has 1 fully saturated rings. The number of fused-ring (bicyclic) bond motifs is 1. The fraction of sp³-hybridized carbons (Fsp3) is 0.778. The van der Waals surface area contributed by atoms with E-state index in [-0.39, 0.29) is 12.6 Å². The third-order valence-corrected chi connectivity index (χ3v) is 5.47. The van der Waals surface area contributed by atoms with Gasteiger partial charge in [-0.15, -0.1) is 0 Å². The fourth-order valence-corrected chi connectivity index (χ4v) is 3.56. The molecule has 1 saturated heterocycles. The van der Waals surface area contributed by atoms with E-state index in [1.807, 2.05) is 4.58 Å². The van der Waals surface area contributed by atoms with Gasteiger partial charge in [-0.1, -0.05) is 0 Å². The number of amidine groups is 1. The maximum Gasteiger partial charge on any atom is 0.362 e. The predicted octanol–water partition coefficient (Wildman–Crippen LogP) is -4.22. The number of rotatable bonds is 11. The van der Waals surface area contributed by atoms with E-state index in [0.29, 0.717) is 51.2 Å². The van der Waals surface area contributed by atoms with Gasteiger partial charge in [0.25, 0.3) is 11.8 Å². The number of carboxylic acid groups (broad SMARTS) is 2. The normalized spacial score (nSPS) is 27.1. The lowest BCUT2D eigenvalue weighted by Gasteiger charge is -2.15. The fourth-order valence-electron chi connectivity index (χ4n) is 3.56. The van der Waals surface area contributed by atoms with Crippen LogP contribution in [-0.2, 0) is 9.59 Å². The van der Waals surface area contributed by atoms with Crippen molar-refractivity contribution in [2.24, 2.45) is 4.99 Å². The van der Waals surface area contributed by atoms with Crippen molar-refractivity contribution in [2.45, 2.75) is 68.9 Å². The van der Waals surface area contributed by atoms with Crippen molar-refractivity contribution in [3.63, 3.8) is 0 Å². The van der Waals surface area contributed by atoms with Crippen molar-refractivity contribution >= 4 is 23.7 Å². The Hall–Kier alpha value is -2.28. The number of guanidine groups is 1. The van der Waals surface area contributed by atoms with E-state index >= 15 is 0 Å². The van der Waals surface area contributed by atoms with Crippen LogP contribution in [0.4, 0.5) is 0 Å². The maximum absolute atomic E-state index is 10.9. The number of hydrogen-bond donors (Lipinski definition) is 8. The van der Waals surface area contributed by atoms with E-state index in [1.165, 1.54) is 0 Å². The van der Waals surface area contributed by atoms with Crippen LogP contribution in [0.1, 0.15) is 38.5 Å². The van der Waals surface area contributed by atoms with Crippen LogP contribution in [0, 0.1) is 0 Å². The number of aliphatic imine (C=N–C) groups is 1. The van der Waals surface area contributed by atoms with Crippen molar-refractivity contribution in [3.8, 4) is 0 Å². The Morgan fingerprint density at radius 3 is 2.33 bits per heavy atom. The van der Waals surface area contributed by atoms with E-state index in [2.05, 4.69) is 27.1 Å². The molecule has 2 aliphatic rings. The molecule has 0 aromatic carbocycles. The Kier molecular flexibility index (Phi) is 8.96. The Balaban J connectivity index is 1.96. The summed E-state index contributed by atoms with van der Waals surface area (Å²) in [4.78, 5) is 26.1. The third-order valence-electron chi connectivity index (χ3n) is 5.47. The van der Waals surface area contributed by atoms with Crippen LogP contribution < -0.4 is 22.1 Å². The first-order valence-electron chi connectivity index (χ1n) is 10.4. The number of carbonyl (C=O) groups is 2. The molecule has 0 aliphatic carbocycles. The highest BCUT2D eigenvalue weighted by atomic mass is 16.4. The van der Waals surface area contributed by atoms with Gasteiger partial charge in [0, 0.05) is 25.8 Å². The van der Waals surface area contributed by atoms with Gasteiger partial charge in [0.15, 0.2) is 12.1 Å². The van der Waals surface area contributed by atoms with Gasteiger partial charge in [0.2, 0.25) is 0 Å². The van der Waals surface area contributed by atoms with E-state index in [1.54, 1.807) is 0 Å². The van der Waals surface area contributed by atoms with Gasteiger partial charge in [-0.05, 0) is 19.3 Å². The average molecular weight is 432 g/mol. The molecule has 0 radical (unpaired) electrons. The van der Waals surface area contributed by atoms with Gasteiger partial charge in [0.1, 0.15) is 18.7 Å². The van der Waals surface area contributed by atoms with E-state index < -0.39 is 36.2 Å². The van der Waals surface area contributed by atoms with Crippen LogP contribution in [-0.4, -0.2) is 98.7 Å². The largest absolute Gasteiger partial charge is 0.477 e. The Morgan fingerprint density at radius 2 is 1.70 bits per heavy atom. The number of quaternary nitrogens is 2. The molecule has 0 saturated carbocycles. The lowest BCUT2D eigenvalue weighted by molar-refractivity contribution is -0.539. The number of aliphatic hydroxyl groups is 2. The second-order valence-corrected chi connectivity index (χ2v) is 7.96. The van der Waals surface area contributed by atoms with Crippen molar-refractivity contribution in [1.82, 2.24) is 10.6 Å². The second-order valence-electron chi connectivity index (χ2n) is 7.96. The molecular weight excluding hydrogens is 396 g/mol. The molecule has 0 bridgehead atoms. The Bertz CT molecular complexity index is 684. The number of aliphatic carboxylic acids is 2. The SMILES string of the molecule is [NH3+][C@@H](CCCC[N+]1=C2NC(=NCCC[C@H]([NH3+])C(=O)O)N[C@@H]2C[C@H](O)[C@H](O)C1)C(=O)O. The summed E-state index contributed by atoms with van der Waals surface area (Å²) < 4.78 is 1.97. The second kappa shape index (κ2) is 11.2. The molecule has 170 valence electrons. The third kappa shape index (κ3) is 6.90. The van der Waals surface area contributed by atoms with Crippen molar-refractivity contribution in [3.05, 3.63) is 0 Å². The number of unbranched alkanes of at least 4 members (excludes halogenated alkanes) is 1. The number of nitrogens with one attached hydrogen (secondary N) is 2. The van der Waals surface area contributed by atoms with Crippen LogP contribution in [0.2, 0.25) is 0 Å². The smallest absolute Gasteiger partial charge is 0.362 e. The maximum atomic E-state index is 10.9. The van der Waals surface area contributed by atoms with Crippen molar-refractivity contribution in [2.75, 3.05) is 19.6 Å². The van der Waals surface area contributed by atoms with Crippen LogP contribution in [0.25, 0.3) is 0 Å². The summed E-state index contributed by atoms with van der Waals surface area (Å²) in [5.74, 6) is -0.444. The first-order valence-corrected chi connectivity index (χ1v) is 10.4. The zero-order chi connectivity index (χ0) is 22.3. The van der Waals surface area contributed by atoms with Gasteiger partial charge in [0.05, 0.1) is 12.6 Å². The molecular formula is C18H35N6O6+3. The molecule has 30 heavy (non-hydrogen) atoms. The number of β-amino-alcohol motifs (C(OH)–C–C–N with tert-alkyl or cyclic N) is 1. The topological polar surface area (TPSA) is 210 Å². The van der Waals surface area contributed by atoms with Gasteiger partial charge < -0.3 is 37.2 Å². The predicted molar refractivity (Wildman–Crippen MR) is 106 cm³/mol. The van der Waals surface area contributed by atoms with Crippen molar-refractivity contribution in [1.29, 1.82) is 0 Å². The first kappa shape index (κ1) is 24.0. The lowest BCUT2D eigenvalue weighted by Crippen LogP contribution is -2.64. The first-order chi connectivity index (χ1) is 14.2. The molecule has 12 N–H and O–H groups in total. The highest BCUT2D eigenvalue weighted by Gasteiger charge is 2.41. The van der Waals surface area contributed by atoms with E-state index in [4.69, 9.17) is 10.2 Å². The van der Waals surface area contributed by atoms with Crippen LogP contribution >= 0.6 is 0 Å². The van der Waals surface area contributed by atoms with E-state index in [0.717, 1.165) is 12.3 Å². The van der Waals surface area contributed by atoms with Gasteiger partial charge >= 0.3 is 11.9 Å². The quantitative estimate of drug-likeness (QED) is 0.118. The minimum absolute atomic E-state index is 0.213. The minimum atomic E-state index is -0.922. The molecule has 12 nitrogen and oxygen atoms in total. The summed E-state index contributed by atoms with van der Waals surface area (Å²) >= 11 is 0. The minimum Gasteiger partial charge on any atom is -0.477 e. The van der Waals surface area contributed by atoms with Crippen LogP contribution in [0.3, 0.4) is 0 Å².